The Morgan fingerprint density at radius 3 is 2.83 bits per heavy atom. The third-order valence-corrected chi connectivity index (χ3v) is 5.96. The molecule has 4 aromatic rings. The molecule has 1 aliphatic heterocycles. The second kappa shape index (κ2) is 7.48. The largest absolute Gasteiger partial charge is 0.420 e. The van der Waals surface area contributed by atoms with E-state index in [1.807, 2.05) is 48.2 Å². The zero-order valence-electron chi connectivity index (χ0n) is 16.9. The number of para-hydroxylation sites is 2. The fourth-order valence-electron chi connectivity index (χ4n) is 4.38. The topological polar surface area (TPSA) is 84.1 Å². The number of nitrogens with zero attached hydrogens (tertiary/aromatic N) is 3. The van der Waals surface area contributed by atoms with Crippen molar-refractivity contribution < 1.29 is 9.21 Å². The van der Waals surface area contributed by atoms with E-state index in [0.717, 1.165) is 35.2 Å². The van der Waals surface area contributed by atoms with E-state index < -0.39 is 0 Å². The number of likely N-dealkylation sites (tertiary alicyclic amines) is 1. The molecule has 2 aromatic carbocycles. The predicted molar refractivity (Wildman–Crippen MR) is 114 cm³/mol. The molecule has 0 unspecified atom stereocenters. The lowest BCUT2D eigenvalue weighted by molar-refractivity contribution is -0.132. The standard InChI is InChI=1S/C23H24N4O3/c1-15-6-7-17-18(14-15)25-21(24-17)8-9-22(28)26-12-10-16(11-13-26)27-19-4-2-3-5-20(19)30-23(27)29/h2-7,14,16H,8-13H2,1H3,(H,24,25). The Kier molecular flexibility index (Phi) is 4.65. The lowest BCUT2D eigenvalue weighted by Gasteiger charge is -2.32. The molecule has 0 atom stereocenters. The normalized spacial score (nSPS) is 15.3. The molecule has 1 fully saturated rings. The summed E-state index contributed by atoms with van der Waals surface area (Å²) in [6, 6.07) is 13.7. The highest BCUT2D eigenvalue weighted by Gasteiger charge is 2.26. The van der Waals surface area contributed by atoms with Gasteiger partial charge in [-0.1, -0.05) is 18.2 Å². The summed E-state index contributed by atoms with van der Waals surface area (Å²) in [5, 5.41) is 0. The van der Waals surface area contributed by atoms with E-state index in [1.54, 1.807) is 4.57 Å². The molecule has 0 aliphatic carbocycles. The molecule has 3 heterocycles. The minimum absolute atomic E-state index is 0.0591. The second-order valence-corrected chi connectivity index (χ2v) is 8.02. The number of aromatic amines is 1. The molecule has 154 valence electrons. The van der Waals surface area contributed by atoms with Crippen LogP contribution in [-0.2, 0) is 11.2 Å². The molecule has 1 saturated heterocycles. The van der Waals surface area contributed by atoms with E-state index in [1.165, 1.54) is 5.56 Å². The zero-order valence-corrected chi connectivity index (χ0v) is 16.9. The third kappa shape index (κ3) is 3.40. The van der Waals surface area contributed by atoms with Crippen LogP contribution < -0.4 is 5.76 Å². The smallest absolute Gasteiger partial charge is 0.408 e. The maximum absolute atomic E-state index is 12.7. The number of piperidine rings is 1. The van der Waals surface area contributed by atoms with Gasteiger partial charge in [-0.15, -0.1) is 0 Å². The molecule has 0 spiro atoms. The van der Waals surface area contributed by atoms with Crippen molar-refractivity contribution in [2.45, 2.75) is 38.6 Å². The number of imidazole rings is 1. The third-order valence-electron chi connectivity index (χ3n) is 5.96. The van der Waals surface area contributed by atoms with Crippen LogP contribution in [0, 0.1) is 6.92 Å². The van der Waals surface area contributed by atoms with Crippen molar-refractivity contribution in [1.82, 2.24) is 19.4 Å². The van der Waals surface area contributed by atoms with Crippen LogP contribution >= 0.6 is 0 Å². The highest BCUT2D eigenvalue weighted by molar-refractivity contribution is 5.78. The molecule has 7 heteroatoms. The van der Waals surface area contributed by atoms with Crippen LogP contribution in [0.4, 0.5) is 0 Å². The number of aromatic nitrogens is 3. The average Bonchev–Trinajstić information content (AvgIpc) is 3.31. The minimum Gasteiger partial charge on any atom is -0.408 e. The van der Waals surface area contributed by atoms with Gasteiger partial charge in [0.2, 0.25) is 5.91 Å². The van der Waals surface area contributed by atoms with Crippen LogP contribution in [0.25, 0.3) is 22.1 Å². The van der Waals surface area contributed by atoms with Gasteiger partial charge in [-0.3, -0.25) is 9.36 Å². The predicted octanol–water partition coefficient (Wildman–Crippen LogP) is 3.58. The zero-order chi connectivity index (χ0) is 20.7. The number of benzene rings is 2. The molecule has 30 heavy (non-hydrogen) atoms. The molecule has 0 saturated carbocycles. The fourth-order valence-corrected chi connectivity index (χ4v) is 4.38. The lowest BCUT2D eigenvalue weighted by atomic mass is 10.0. The number of hydrogen-bond donors (Lipinski definition) is 1. The monoisotopic (exact) mass is 404 g/mol. The number of amides is 1. The SMILES string of the molecule is Cc1ccc2nc(CCC(=O)N3CCC(n4c(=O)oc5ccccc54)CC3)[nH]c2c1. The number of oxazole rings is 1. The van der Waals surface area contributed by atoms with Gasteiger partial charge >= 0.3 is 5.76 Å². The summed E-state index contributed by atoms with van der Waals surface area (Å²) in [7, 11) is 0. The summed E-state index contributed by atoms with van der Waals surface area (Å²) >= 11 is 0. The summed E-state index contributed by atoms with van der Waals surface area (Å²) in [5.74, 6) is 0.658. The summed E-state index contributed by atoms with van der Waals surface area (Å²) in [6.45, 7) is 3.34. The lowest BCUT2D eigenvalue weighted by Crippen LogP contribution is -2.40. The number of aryl methyl sites for hydroxylation is 2. The molecular formula is C23H24N4O3. The number of H-pyrrole nitrogens is 1. The molecule has 7 nitrogen and oxygen atoms in total. The van der Waals surface area contributed by atoms with Crippen LogP contribution in [0.15, 0.2) is 51.7 Å². The summed E-state index contributed by atoms with van der Waals surface area (Å²) in [4.78, 5) is 34.8. The molecule has 2 aromatic heterocycles. The first kappa shape index (κ1) is 18.7. The summed E-state index contributed by atoms with van der Waals surface area (Å²) in [6.07, 6.45) is 2.52. The number of nitrogens with one attached hydrogen (secondary N) is 1. The first-order valence-corrected chi connectivity index (χ1v) is 10.4. The van der Waals surface area contributed by atoms with Gasteiger partial charge in [-0.2, -0.15) is 0 Å². The summed E-state index contributed by atoms with van der Waals surface area (Å²) in [5.41, 5.74) is 4.56. The highest BCUT2D eigenvalue weighted by Crippen LogP contribution is 2.26. The van der Waals surface area contributed by atoms with Crippen LogP contribution in [0.5, 0.6) is 0 Å². The van der Waals surface area contributed by atoms with Crippen molar-refractivity contribution in [1.29, 1.82) is 0 Å². The van der Waals surface area contributed by atoms with E-state index in [-0.39, 0.29) is 17.7 Å². The molecule has 1 amide bonds. The van der Waals surface area contributed by atoms with E-state index in [2.05, 4.69) is 16.0 Å². The van der Waals surface area contributed by atoms with E-state index >= 15 is 0 Å². The van der Waals surface area contributed by atoms with Gasteiger partial charge in [0.1, 0.15) is 5.82 Å². The first-order valence-electron chi connectivity index (χ1n) is 10.4. The Bertz CT molecular complexity index is 1270. The molecule has 5 rings (SSSR count). The van der Waals surface area contributed by atoms with Crippen molar-refractivity contribution in [3.8, 4) is 0 Å². The van der Waals surface area contributed by atoms with Gasteiger partial charge in [0.15, 0.2) is 5.58 Å². The van der Waals surface area contributed by atoms with Crippen molar-refractivity contribution >= 4 is 28.0 Å². The Morgan fingerprint density at radius 1 is 1.20 bits per heavy atom. The van der Waals surface area contributed by atoms with Gasteiger partial charge in [-0.25, -0.2) is 9.78 Å². The molecular weight excluding hydrogens is 380 g/mol. The highest BCUT2D eigenvalue weighted by atomic mass is 16.4. The van der Waals surface area contributed by atoms with E-state index in [9.17, 15) is 9.59 Å². The van der Waals surface area contributed by atoms with Crippen LogP contribution in [0.3, 0.4) is 0 Å². The average molecular weight is 404 g/mol. The van der Waals surface area contributed by atoms with Gasteiger partial charge < -0.3 is 14.3 Å². The van der Waals surface area contributed by atoms with Crippen LogP contribution in [0.1, 0.15) is 36.7 Å². The number of fused-ring (bicyclic) bond motifs is 2. The second-order valence-electron chi connectivity index (χ2n) is 8.02. The minimum atomic E-state index is -0.318. The number of hydrogen-bond acceptors (Lipinski definition) is 4. The van der Waals surface area contributed by atoms with Crippen molar-refractivity contribution in [3.63, 3.8) is 0 Å². The van der Waals surface area contributed by atoms with Crippen molar-refractivity contribution in [3.05, 3.63) is 64.4 Å². The van der Waals surface area contributed by atoms with E-state index in [0.29, 0.717) is 31.5 Å². The molecule has 1 aliphatic rings. The Morgan fingerprint density at radius 2 is 2.00 bits per heavy atom. The van der Waals surface area contributed by atoms with Crippen molar-refractivity contribution in [2.24, 2.45) is 0 Å². The number of carbonyl (C=O) groups excluding carboxylic acids is 1. The Hall–Kier alpha value is -3.35. The molecule has 0 bridgehead atoms. The molecule has 0 radical (unpaired) electrons. The maximum atomic E-state index is 12.7. The quantitative estimate of drug-likeness (QED) is 0.564. The Labute approximate surface area is 173 Å². The van der Waals surface area contributed by atoms with Gasteiger partial charge in [0.25, 0.3) is 0 Å². The van der Waals surface area contributed by atoms with Gasteiger partial charge in [0.05, 0.1) is 16.6 Å². The van der Waals surface area contributed by atoms with Crippen molar-refractivity contribution in [2.75, 3.05) is 13.1 Å². The molecule has 1 N–H and O–H groups in total. The number of rotatable bonds is 4. The van der Waals surface area contributed by atoms with Gasteiger partial charge in [-0.05, 0) is 49.6 Å². The number of carbonyl (C=O) groups is 1. The van der Waals surface area contributed by atoms with Gasteiger partial charge in [0, 0.05) is 32.0 Å². The first-order chi connectivity index (χ1) is 14.6. The fraction of sp³-hybridized carbons (Fsp3) is 0.348. The maximum Gasteiger partial charge on any atom is 0.420 e. The van der Waals surface area contributed by atoms with Crippen LogP contribution in [0.2, 0.25) is 0 Å². The van der Waals surface area contributed by atoms with E-state index in [4.69, 9.17) is 4.42 Å². The van der Waals surface area contributed by atoms with Crippen LogP contribution in [-0.4, -0.2) is 38.4 Å². The summed E-state index contributed by atoms with van der Waals surface area (Å²) < 4.78 is 7.11. The Balaban J connectivity index is 1.21.